The summed E-state index contributed by atoms with van der Waals surface area (Å²) in [6, 6.07) is 0. The molecular formula is C28H48O23. The van der Waals surface area contributed by atoms with Crippen LogP contribution in [0.15, 0.2) is 0 Å². The van der Waals surface area contributed by atoms with Crippen molar-refractivity contribution in [2.24, 2.45) is 0 Å². The zero-order chi connectivity index (χ0) is 37.5. The van der Waals surface area contributed by atoms with Crippen LogP contribution in [0.1, 0.15) is 6.92 Å². The summed E-state index contributed by atoms with van der Waals surface area (Å²) < 4.78 is 48.9. The summed E-state index contributed by atoms with van der Waals surface area (Å²) in [5, 5.41) is 145. The van der Waals surface area contributed by atoms with Crippen LogP contribution in [0.3, 0.4) is 0 Å². The minimum Gasteiger partial charge on any atom is -0.394 e. The largest absolute Gasteiger partial charge is 0.394 e. The molecule has 5 saturated heterocycles. The molecule has 5 heterocycles. The number of hydrogen-bond donors (Lipinski definition) is 14. The lowest BCUT2D eigenvalue weighted by molar-refractivity contribution is -0.383. The van der Waals surface area contributed by atoms with Crippen LogP contribution in [-0.2, 0) is 42.6 Å². The lowest BCUT2D eigenvalue weighted by Crippen LogP contribution is -2.66. The molecule has 23 atom stereocenters. The molecule has 5 aliphatic heterocycles. The molecule has 51 heavy (non-hydrogen) atoms. The predicted octanol–water partition coefficient (Wildman–Crippen LogP) is -9.62. The van der Waals surface area contributed by atoms with Crippen LogP contribution in [-0.4, -0.2) is 239 Å². The van der Waals surface area contributed by atoms with Crippen molar-refractivity contribution in [1.82, 2.24) is 0 Å². The number of aliphatic hydroxyl groups is 14. The van der Waals surface area contributed by atoms with Crippen LogP contribution in [0.4, 0.5) is 0 Å². The van der Waals surface area contributed by atoms with Crippen LogP contribution in [0, 0.1) is 0 Å². The van der Waals surface area contributed by atoms with Gasteiger partial charge in [-0.25, -0.2) is 0 Å². The molecule has 0 aromatic rings. The van der Waals surface area contributed by atoms with Gasteiger partial charge in [-0.2, -0.15) is 0 Å². The smallest absolute Gasteiger partial charge is 0.187 e. The molecule has 0 bridgehead atoms. The number of aliphatic hydroxyl groups excluding tert-OH is 14. The lowest BCUT2D eigenvalue weighted by Gasteiger charge is -2.48. The fraction of sp³-hybridized carbons (Fsp3) is 1.00. The van der Waals surface area contributed by atoms with E-state index in [9.17, 15) is 71.5 Å². The van der Waals surface area contributed by atoms with Gasteiger partial charge in [0.2, 0.25) is 0 Å². The van der Waals surface area contributed by atoms with E-state index in [0.717, 1.165) is 0 Å². The van der Waals surface area contributed by atoms with Crippen LogP contribution in [0.25, 0.3) is 0 Å². The Morgan fingerprint density at radius 1 is 0.451 bits per heavy atom. The predicted molar refractivity (Wildman–Crippen MR) is 153 cm³/mol. The van der Waals surface area contributed by atoms with Gasteiger partial charge in [0.1, 0.15) is 104 Å². The highest BCUT2D eigenvalue weighted by Gasteiger charge is 2.54. The van der Waals surface area contributed by atoms with E-state index < -0.39 is 168 Å². The first kappa shape index (κ1) is 41.2. The van der Waals surface area contributed by atoms with Gasteiger partial charge in [0.25, 0.3) is 0 Å². The molecule has 5 aliphatic rings. The summed E-state index contributed by atoms with van der Waals surface area (Å²) in [5.74, 6) is 0. The van der Waals surface area contributed by atoms with E-state index in [-0.39, 0.29) is 0 Å². The molecule has 0 aromatic heterocycles. The third-order valence-electron chi connectivity index (χ3n) is 9.52. The Morgan fingerprint density at radius 2 is 1.00 bits per heavy atom. The molecule has 0 spiro atoms. The first-order chi connectivity index (χ1) is 24.1. The standard InChI is InChI=1S/C28H48O23/c1-6-11(32)22(20(41)28(45-6)51-23-12(33)7(31)4-43-24(23)42)50-25-17(38)14(35)10(5-44-25)48-26-19(40)16(37)21(9(3-30)47-26)49-27-18(39)15(36)13(34)8(2-29)46-27/h6-42H,2-5H2,1H3/t6-,7-,8+,9+,10+,11-,12-,13+,14+,15-,16+,17+,18+,19+,20+,21+,22+,23+,24+,25-,26-,27-,28-/m0/s1. The molecule has 0 unspecified atom stereocenters. The average Bonchev–Trinajstić information content (AvgIpc) is 3.11. The van der Waals surface area contributed by atoms with Crippen LogP contribution in [0.5, 0.6) is 0 Å². The van der Waals surface area contributed by atoms with E-state index in [1.54, 1.807) is 0 Å². The highest BCUT2D eigenvalue weighted by atomic mass is 16.8. The van der Waals surface area contributed by atoms with Crippen molar-refractivity contribution in [3.8, 4) is 0 Å². The van der Waals surface area contributed by atoms with Crippen LogP contribution >= 0.6 is 0 Å². The van der Waals surface area contributed by atoms with E-state index in [0.29, 0.717) is 0 Å². The van der Waals surface area contributed by atoms with E-state index in [1.165, 1.54) is 6.92 Å². The molecule has 5 fully saturated rings. The van der Waals surface area contributed by atoms with Crippen molar-refractivity contribution in [3.05, 3.63) is 0 Å². The van der Waals surface area contributed by atoms with Gasteiger partial charge in [-0.15, -0.1) is 0 Å². The van der Waals surface area contributed by atoms with E-state index in [1.807, 2.05) is 0 Å². The third-order valence-corrected chi connectivity index (χ3v) is 9.52. The van der Waals surface area contributed by atoms with Crippen LogP contribution < -0.4 is 0 Å². The molecule has 23 heteroatoms. The van der Waals surface area contributed by atoms with E-state index >= 15 is 0 Å². The zero-order valence-corrected chi connectivity index (χ0v) is 27.0. The highest BCUT2D eigenvalue weighted by Crippen LogP contribution is 2.33. The molecule has 0 amide bonds. The topological polar surface area (TPSA) is 366 Å². The minimum absolute atomic E-state index is 0.393. The second-order valence-corrected chi connectivity index (χ2v) is 13.0. The maximum Gasteiger partial charge on any atom is 0.187 e. The van der Waals surface area contributed by atoms with Gasteiger partial charge in [0, 0.05) is 0 Å². The molecule has 0 radical (unpaired) electrons. The fourth-order valence-electron chi connectivity index (χ4n) is 6.35. The van der Waals surface area contributed by atoms with Crippen molar-refractivity contribution < 1.29 is 114 Å². The first-order valence-electron chi connectivity index (χ1n) is 16.3. The molecule has 5 rings (SSSR count). The second kappa shape index (κ2) is 17.3. The average molecular weight is 753 g/mol. The van der Waals surface area contributed by atoms with Gasteiger partial charge in [-0.3, -0.25) is 0 Å². The molecule has 14 N–H and O–H groups in total. The number of hydrogen-bond acceptors (Lipinski definition) is 23. The zero-order valence-electron chi connectivity index (χ0n) is 27.0. The molecule has 0 saturated carbocycles. The van der Waals surface area contributed by atoms with Crippen molar-refractivity contribution >= 4 is 0 Å². The molecule has 298 valence electrons. The minimum atomic E-state index is -1.96. The van der Waals surface area contributed by atoms with Crippen molar-refractivity contribution in [2.45, 2.75) is 148 Å². The number of ether oxygens (including phenoxy) is 9. The summed E-state index contributed by atoms with van der Waals surface area (Å²) in [5.41, 5.74) is 0. The van der Waals surface area contributed by atoms with Gasteiger partial charge >= 0.3 is 0 Å². The van der Waals surface area contributed by atoms with Crippen LogP contribution in [0.2, 0.25) is 0 Å². The first-order valence-corrected chi connectivity index (χ1v) is 16.3. The van der Waals surface area contributed by atoms with Crippen molar-refractivity contribution in [2.75, 3.05) is 26.4 Å². The molecule has 0 aliphatic carbocycles. The van der Waals surface area contributed by atoms with Gasteiger partial charge < -0.3 is 114 Å². The van der Waals surface area contributed by atoms with E-state index in [4.69, 9.17) is 42.6 Å². The quantitative estimate of drug-likeness (QED) is 0.0985. The third kappa shape index (κ3) is 8.51. The summed E-state index contributed by atoms with van der Waals surface area (Å²) in [6.07, 6.45) is -38.4. The Hall–Kier alpha value is -0.920. The maximum atomic E-state index is 10.9. The Kier molecular flexibility index (Phi) is 14.0. The SMILES string of the molecule is C[C@@H]1O[C@@H](O[C@@H]2[C@@H](O)[C@@H](O)CO[C@H]2O)[C@H](O)[C@H](O[C@@H]2OC[C@@H](O[C@@H]3O[C@H](CO)[C@@H](O[C@@H]4O[C@H](CO)[C@@H](O)[C@H](O)[C@H]4O)[C@H](O)[C@H]3O)[C@@H](O)[C@H]2O)[C@H]1O. The van der Waals surface area contributed by atoms with Gasteiger partial charge in [0.15, 0.2) is 31.5 Å². The summed E-state index contributed by atoms with van der Waals surface area (Å²) in [4.78, 5) is 0. The Bertz CT molecular complexity index is 1090. The lowest BCUT2D eigenvalue weighted by atomic mass is 9.96. The summed E-state index contributed by atoms with van der Waals surface area (Å²) in [6.45, 7) is -1.22. The van der Waals surface area contributed by atoms with Crippen molar-refractivity contribution in [3.63, 3.8) is 0 Å². The monoisotopic (exact) mass is 752 g/mol. The summed E-state index contributed by atoms with van der Waals surface area (Å²) in [7, 11) is 0. The normalized spacial score (nSPS) is 54.3. The Balaban J connectivity index is 1.18. The van der Waals surface area contributed by atoms with Gasteiger partial charge in [-0.1, -0.05) is 0 Å². The van der Waals surface area contributed by atoms with Crippen molar-refractivity contribution in [1.29, 1.82) is 0 Å². The summed E-state index contributed by atoms with van der Waals surface area (Å²) >= 11 is 0. The Morgan fingerprint density at radius 3 is 1.67 bits per heavy atom. The highest BCUT2D eigenvalue weighted by molar-refractivity contribution is 4.96. The second-order valence-electron chi connectivity index (χ2n) is 13.0. The maximum absolute atomic E-state index is 10.9. The Labute approximate surface area is 289 Å². The number of rotatable bonds is 10. The molecule has 23 nitrogen and oxygen atoms in total. The molecular weight excluding hydrogens is 704 g/mol. The fourth-order valence-corrected chi connectivity index (χ4v) is 6.35. The molecule has 0 aromatic carbocycles. The van der Waals surface area contributed by atoms with Gasteiger partial charge in [0.05, 0.1) is 32.5 Å². The van der Waals surface area contributed by atoms with Gasteiger partial charge in [-0.05, 0) is 6.92 Å². The van der Waals surface area contributed by atoms with E-state index in [2.05, 4.69) is 0 Å².